The van der Waals surface area contributed by atoms with Crippen LogP contribution in [0.4, 0.5) is 5.69 Å². The van der Waals surface area contributed by atoms with E-state index in [2.05, 4.69) is 18.7 Å². The molecule has 2 aliphatic rings. The Balaban J connectivity index is 1.47. The first-order valence-electron chi connectivity index (χ1n) is 10.4. The van der Waals surface area contributed by atoms with Crippen LogP contribution in [0, 0.1) is 0 Å². The van der Waals surface area contributed by atoms with E-state index in [-0.39, 0.29) is 17.9 Å². The number of benzene rings is 1. The van der Waals surface area contributed by atoms with Gasteiger partial charge in [-0.25, -0.2) is 0 Å². The third kappa shape index (κ3) is 4.61. The molecule has 2 amide bonds. The number of rotatable bonds is 10. The summed E-state index contributed by atoms with van der Waals surface area (Å²) in [7, 11) is 0. The zero-order chi connectivity index (χ0) is 19.9. The maximum absolute atomic E-state index is 13.0. The quantitative estimate of drug-likeness (QED) is 0.588. The Morgan fingerprint density at radius 2 is 1.61 bits per heavy atom. The van der Waals surface area contributed by atoms with Crippen molar-refractivity contribution in [3.8, 4) is 0 Å². The summed E-state index contributed by atoms with van der Waals surface area (Å²) in [5.74, 6) is -0.0325. The third-order valence-electron chi connectivity index (χ3n) is 5.55. The van der Waals surface area contributed by atoms with Crippen LogP contribution in [0.3, 0.4) is 0 Å². The van der Waals surface area contributed by atoms with E-state index in [0.29, 0.717) is 12.8 Å². The van der Waals surface area contributed by atoms with Crippen LogP contribution in [0.2, 0.25) is 0 Å². The summed E-state index contributed by atoms with van der Waals surface area (Å²) in [6.07, 6.45) is 14.5. The molecule has 1 aliphatic carbocycles. The number of hydrogen-bond donors (Lipinski definition) is 1. The molecule has 0 aromatic heterocycles. The molecule has 0 saturated heterocycles. The monoisotopic (exact) mass is 378 g/mol. The number of fused-ring (bicyclic) bond motifs is 3. The van der Waals surface area contributed by atoms with Crippen LogP contribution >= 0.6 is 0 Å². The Kier molecular flexibility index (Phi) is 6.85. The van der Waals surface area contributed by atoms with Gasteiger partial charge in [-0.3, -0.25) is 9.59 Å². The number of nitrogens with two attached hydrogens (primary N) is 1. The minimum atomic E-state index is -0.212. The fourth-order valence-corrected chi connectivity index (χ4v) is 4.12. The predicted molar refractivity (Wildman–Crippen MR) is 115 cm³/mol. The molecule has 2 N–H and O–H groups in total. The maximum atomic E-state index is 13.0. The zero-order valence-electron chi connectivity index (χ0n) is 16.5. The minimum absolute atomic E-state index is 0.0554. The number of anilines is 1. The highest BCUT2D eigenvalue weighted by Gasteiger charge is 2.38. The van der Waals surface area contributed by atoms with Crippen molar-refractivity contribution in [1.29, 1.82) is 0 Å². The lowest BCUT2D eigenvalue weighted by atomic mass is 9.93. The van der Waals surface area contributed by atoms with E-state index in [1.165, 1.54) is 5.57 Å². The van der Waals surface area contributed by atoms with Crippen molar-refractivity contribution in [2.75, 3.05) is 4.90 Å². The van der Waals surface area contributed by atoms with Gasteiger partial charge < -0.3 is 10.6 Å². The molecule has 0 radical (unpaired) electrons. The van der Waals surface area contributed by atoms with E-state index >= 15 is 0 Å². The van der Waals surface area contributed by atoms with E-state index in [0.717, 1.165) is 61.8 Å². The van der Waals surface area contributed by atoms with Crippen molar-refractivity contribution >= 4 is 23.1 Å². The molecule has 28 heavy (non-hydrogen) atoms. The number of hydrogen-bond acceptors (Lipinski definition) is 2. The second-order valence-corrected chi connectivity index (χ2v) is 7.68. The SMILES string of the molecule is C=C1C=CC=C2c3ccccc3N(C(=O)CCCCCCCCCC(N)=O)C12. The number of unbranched alkanes of at least 4 members (excludes halogenated alkanes) is 6. The number of para-hydroxylation sites is 1. The fraction of sp³-hybridized carbons (Fsp3) is 0.417. The summed E-state index contributed by atoms with van der Waals surface area (Å²) in [6.45, 7) is 4.18. The van der Waals surface area contributed by atoms with Crippen molar-refractivity contribution in [1.82, 2.24) is 0 Å². The fourth-order valence-electron chi connectivity index (χ4n) is 4.12. The maximum Gasteiger partial charge on any atom is 0.227 e. The Morgan fingerprint density at radius 3 is 2.32 bits per heavy atom. The van der Waals surface area contributed by atoms with Gasteiger partial charge in [-0.15, -0.1) is 0 Å². The first kappa shape index (κ1) is 20.1. The zero-order valence-corrected chi connectivity index (χ0v) is 16.5. The lowest BCUT2D eigenvalue weighted by Gasteiger charge is -2.28. The van der Waals surface area contributed by atoms with Gasteiger partial charge >= 0.3 is 0 Å². The van der Waals surface area contributed by atoms with Gasteiger partial charge in [0.2, 0.25) is 11.8 Å². The summed E-state index contributed by atoms with van der Waals surface area (Å²) in [5, 5.41) is 0. The highest BCUT2D eigenvalue weighted by atomic mass is 16.2. The Morgan fingerprint density at radius 1 is 0.964 bits per heavy atom. The van der Waals surface area contributed by atoms with Gasteiger partial charge in [-0.1, -0.05) is 75.1 Å². The van der Waals surface area contributed by atoms with Gasteiger partial charge in [-0.2, -0.15) is 0 Å². The minimum Gasteiger partial charge on any atom is -0.370 e. The van der Waals surface area contributed by atoms with Gasteiger partial charge in [0.25, 0.3) is 0 Å². The Bertz CT molecular complexity index is 807. The highest BCUT2D eigenvalue weighted by Crippen LogP contribution is 2.44. The summed E-state index contributed by atoms with van der Waals surface area (Å²) < 4.78 is 0. The van der Waals surface area contributed by atoms with Crippen LogP contribution in [0.5, 0.6) is 0 Å². The first-order chi connectivity index (χ1) is 13.6. The number of amides is 2. The molecule has 0 bridgehead atoms. The van der Waals surface area contributed by atoms with Crippen molar-refractivity contribution in [3.63, 3.8) is 0 Å². The summed E-state index contributed by atoms with van der Waals surface area (Å²) >= 11 is 0. The van der Waals surface area contributed by atoms with Crippen LogP contribution < -0.4 is 10.6 Å². The van der Waals surface area contributed by atoms with E-state index in [1.807, 2.05) is 35.3 Å². The molecule has 4 nitrogen and oxygen atoms in total. The van der Waals surface area contributed by atoms with E-state index < -0.39 is 0 Å². The van der Waals surface area contributed by atoms with Crippen LogP contribution in [0.1, 0.15) is 63.4 Å². The second kappa shape index (κ2) is 9.54. The molecule has 148 valence electrons. The predicted octanol–water partition coefficient (Wildman–Crippen LogP) is 4.91. The molecule has 1 aromatic carbocycles. The number of carbonyl (C=O) groups is 2. The van der Waals surface area contributed by atoms with Crippen molar-refractivity contribution in [2.45, 2.75) is 63.8 Å². The van der Waals surface area contributed by atoms with E-state index in [9.17, 15) is 9.59 Å². The standard InChI is InChI=1S/C24H30N2O2/c1-18-12-11-14-20-19-13-9-10-15-21(19)26(24(18)20)23(28)17-8-6-4-2-3-5-7-16-22(25)27/h9-15,24H,1-8,16-17H2,(H2,25,27). The molecule has 1 heterocycles. The summed E-state index contributed by atoms with van der Waals surface area (Å²) in [4.78, 5) is 25.7. The van der Waals surface area contributed by atoms with Crippen LogP contribution in [-0.2, 0) is 9.59 Å². The number of primary amides is 1. The average Bonchev–Trinajstić information content (AvgIpc) is 3.02. The molecule has 1 unspecified atom stereocenters. The molecule has 0 spiro atoms. The molecular formula is C24H30N2O2. The van der Waals surface area contributed by atoms with Gasteiger partial charge in [-0.05, 0) is 30.1 Å². The average molecular weight is 379 g/mol. The normalized spacial score (nSPS) is 17.3. The molecule has 0 saturated carbocycles. The highest BCUT2D eigenvalue weighted by molar-refractivity contribution is 6.06. The Hall–Kier alpha value is -2.62. The number of carbonyl (C=O) groups excluding carboxylic acids is 2. The number of allylic oxidation sites excluding steroid dienone is 2. The molecule has 1 aromatic rings. The first-order valence-corrected chi connectivity index (χ1v) is 10.4. The Labute approximate surface area is 167 Å². The van der Waals surface area contributed by atoms with Gasteiger partial charge in [0, 0.05) is 18.4 Å². The van der Waals surface area contributed by atoms with Crippen LogP contribution in [0.15, 0.2) is 54.6 Å². The van der Waals surface area contributed by atoms with Crippen LogP contribution in [0.25, 0.3) is 5.57 Å². The lowest BCUT2D eigenvalue weighted by molar-refractivity contribution is -0.119. The van der Waals surface area contributed by atoms with Crippen molar-refractivity contribution < 1.29 is 9.59 Å². The molecule has 3 rings (SSSR count). The lowest BCUT2D eigenvalue weighted by Crippen LogP contribution is -2.38. The van der Waals surface area contributed by atoms with Gasteiger partial charge in [0.15, 0.2) is 0 Å². The molecule has 4 heteroatoms. The number of nitrogens with zero attached hydrogens (tertiary/aromatic N) is 1. The topological polar surface area (TPSA) is 63.4 Å². The van der Waals surface area contributed by atoms with E-state index in [1.54, 1.807) is 0 Å². The van der Waals surface area contributed by atoms with Crippen LogP contribution in [-0.4, -0.2) is 17.9 Å². The summed E-state index contributed by atoms with van der Waals surface area (Å²) in [5.41, 5.74) is 9.43. The molecular weight excluding hydrogens is 348 g/mol. The molecule has 1 aliphatic heterocycles. The van der Waals surface area contributed by atoms with Gasteiger partial charge in [0.05, 0.1) is 11.7 Å². The second-order valence-electron chi connectivity index (χ2n) is 7.68. The molecule has 1 atom stereocenters. The van der Waals surface area contributed by atoms with Crippen molar-refractivity contribution in [3.05, 3.63) is 60.2 Å². The van der Waals surface area contributed by atoms with E-state index in [4.69, 9.17) is 5.73 Å². The van der Waals surface area contributed by atoms with Gasteiger partial charge in [0.1, 0.15) is 0 Å². The summed E-state index contributed by atoms with van der Waals surface area (Å²) in [6, 6.07) is 8.08. The molecule has 0 fully saturated rings. The van der Waals surface area contributed by atoms with Crippen molar-refractivity contribution in [2.24, 2.45) is 5.73 Å². The third-order valence-corrected chi connectivity index (χ3v) is 5.55. The largest absolute Gasteiger partial charge is 0.370 e. The smallest absolute Gasteiger partial charge is 0.227 e.